The molecule has 0 aromatic carbocycles. The molecule has 0 aliphatic heterocycles. The number of hydrogen-bond donors (Lipinski definition) is 0. The summed E-state index contributed by atoms with van der Waals surface area (Å²) < 4.78 is 8.57. The zero-order valence-electron chi connectivity index (χ0n) is 9.54. The summed E-state index contributed by atoms with van der Waals surface area (Å²) in [5.41, 5.74) is 0. The van der Waals surface area contributed by atoms with Crippen LogP contribution < -0.4 is 9.13 Å². The molecule has 0 aliphatic rings. The maximum Gasteiger partial charge on any atom is 0.246 e. The van der Waals surface area contributed by atoms with Gasteiger partial charge in [-0.15, -0.1) is 0 Å². The summed E-state index contributed by atoms with van der Waals surface area (Å²) in [4.78, 5) is 0. The Hall–Kier alpha value is -1.58. The topological polar surface area (TPSA) is 17.6 Å². The van der Waals surface area contributed by atoms with Crippen molar-refractivity contribution in [1.29, 1.82) is 0 Å². The lowest BCUT2D eigenvalue weighted by Crippen LogP contribution is -2.27. The van der Waals surface area contributed by atoms with E-state index >= 15 is 0 Å². The molecule has 15 heavy (non-hydrogen) atoms. The molecular formula is C11H18N4+2. The normalized spacial score (nSPS) is 11.2. The molecule has 0 amide bonds. The zero-order valence-corrected chi connectivity index (χ0v) is 9.54. The van der Waals surface area contributed by atoms with Crippen LogP contribution in [0, 0.1) is 0 Å². The summed E-state index contributed by atoms with van der Waals surface area (Å²) in [6.45, 7) is 2.20. The van der Waals surface area contributed by atoms with Crippen molar-refractivity contribution in [1.82, 2.24) is 9.13 Å². The highest BCUT2D eigenvalue weighted by Gasteiger charge is 2.20. The Kier molecular flexibility index (Phi) is 2.58. The monoisotopic (exact) mass is 206 g/mol. The minimum absolute atomic E-state index is 0.368. The second kappa shape index (κ2) is 3.88. The van der Waals surface area contributed by atoms with Gasteiger partial charge in [0, 0.05) is 6.42 Å². The van der Waals surface area contributed by atoms with Crippen molar-refractivity contribution in [2.45, 2.75) is 19.5 Å². The number of rotatable bonds is 3. The maximum absolute atomic E-state index is 2.22. The van der Waals surface area contributed by atoms with Gasteiger partial charge in [-0.25, -0.2) is 9.13 Å². The summed E-state index contributed by atoms with van der Waals surface area (Å²) in [6, 6.07) is 0. The molecule has 0 radical (unpaired) electrons. The van der Waals surface area contributed by atoms with Gasteiger partial charge in [0.2, 0.25) is 18.8 Å². The van der Waals surface area contributed by atoms with Crippen LogP contribution in [0.4, 0.5) is 0 Å². The first-order chi connectivity index (χ1) is 7.20. The van der Waals surface area contributed by atoms with Gasteiger partial charge in [0.25, 0.3) is 0 Å². The first-order valence-corrected chi connectivity index (χ1v) is 5.26. The highest BCUT2D eigenvalue weighted by atomic mass is 15.3. The molecule has 0 spiro atoms. The molecule has 0 atom stereocenters. The third-order valence-corrected chi connectivity index (χ3v) is 2.63. The van der Waals surface area contributed by atoms with Gasteiger partial charge < -0.3 is 0 Å². The Morgan fingerprint density at radius 2 is 1.47 bits per heavy atom. The van der Waals surface area contributed by atoms with Crippen molar-refractivity contribution in [3.05, 3.63) is 37.4 Å². The second-order valence-corrected chi connectivity index (χ2v) is 3.94. The summed E-state index contributed by atoms with van der Waals surface area (Å²) in [5, 5.41) is 0. The molecule has 0 saturated heterocycles. The summed E-state index contributed by atoms with van der Waals surface area (Å²) in [6.07, 6.45) is 14.0. The van der Waals surface area contributed by atoms with E-state index in [4.69, 9.17) is 0 Å². The molecule has 0 saturated carbocycles. The van der Waals surface area contributed by atoms with Crippen LogP contribution in [0.1, 0.15) is 19.5 Å². The number of aromatic nitrogens is 4. The predicted molar refractivity (Wildman–Crippen MR) is 55.9 cm³/mol. The third kappa shape index (κ3) is 1.93. The number of aryl methyl sites for hydroxylation is 2. The van der Waals surface area contributed by atoms with Crippen molar-refractivity contribution in [3.63, 3.8) is 0 Å². The fourth-order valence-corrected chi connectivity index (χ4v) is 1.87. The fourth-order valence-electron chi connectivity index (χ4n) is 1.87. The molecule has 0 unspecified atom stereocenters. The smallest absolute Gasteiger partial charge is 0.239 e. The molecule has 0 bridgehead atoms. The molecule has 4 nitrogen and oxygen atoms in total. The van der Waals surface area contributed by atoms with Crippen molar-refractivity contribution < 1.29 is 9.13 Å². The third-order valence-electron chi connectivity index (χ3n) is 2.63. The quantitative estimate of drug-likeness (QED) is 0.647. The van der Waals surface area contributed by atoms with Crippen LogP contribution in [-0.4, -0.2) is 9.13 Å². The van der Waals surface area contributed by atoms with E-state index in [-0.39, 0.29) is 0 Å². The van der Waals surface area contributed by atoms with E-state index in [2.05, 4.69) is 62.6 Å². The van der Waals surface area contributed by atoms with Gasteiger partial charge in [0.1, 0.15) is 24.8 Å². The molecule has 80 valence electrons. The van der Waals surface area contributed by atoms with Crippen LogP contribution in [-0.2, 0) is 14.1 Å². The molecule has 2 heterocycles. The largest absolute Gasteiger partial charge is 0.246 e. The van der Waals surface area contributed by atoms with Gasteiger partial charge in [-0.1, -0.05) is 6.92 Å². The summed E-state index contributed by atoms with van der Waals surface area (Å²) in [5.74, 6) is 0. The van der Waals surface area contributed by atoms with E-state index in [1.807, 2.05) is 14.1 Å². The Morgan fingerprint density at radius 3 is 1.73 bits per heavy atom. The van der Waals surface area contributed by atoms with Gasteiger partial charge in [-0.05, 0) is 0 Å². The van der Waals surface area contributed by atoms with Crippen LogP contribution in [0.2, 0.25) is 0 Å². The lowest BCUT2D eigenvalue weighted by Gasteiger charge is -2.06. The number of hydrogen-bond acceptors (Lipinski definition) is 0. The minimum atomic E-state index is 0.368. The Labute approximate surface area is 90.0 Å². The number of imidazole rings is 2. The highest BCUT2D eigenvalue weighted by molar-refractivity contribution is 4.79. The minimum Gasteiger partial charge on any atom is -0.239 e. The van der Waals surface area contributed by atoms with Crippen LogP contribution in [0.3, 0.4) is 0 Å². The lowest BCUT2D eigenvalue weighted by atomic mass is 10.3. The van der Waals surface area contributed by atoms with Crippen molar-refractivity contribution >= 4 is 0 Å². The lowest BCUT2D eigenvalue weighted by molar-refractivity contribution is -0.672. The van der Waals surface area contributed by atoms with Gasteiger partial charge in [-0.3, -0.25) is 0 Å². The maximum atomic E-state index is 2.22. The Balaban J connectivity index is 2.32. The Bertz CT molecular complexity index is 401. The van der Waals surface area contributed by atoms with E-state index in [1.165, 1.54) is 0 Å². The van der Waals surface area contributed by atoms with Gasteiger partial charge >= 0.3 is 0 Å². The Morgan fingerprint density at radius 1 is 1.00 bits per heavy atom. The first-order valence-electron chi connectivity index (χ1n) is 5.26. The molecule has 0 aliphatic carbocycles. The first kappa shape index (κ1) is 9.96. The average molecular weight is 206 g/mol. The van der Waals surface area contributed by atoms with E-state index in [9.17, 15) is 0 Å². The van der Waals surface area contributed by atoms with E-state index in [1.54, 1.807) is 0 Å². The SMILES string of the molecule is CCC(n1cc[n+](C)c1)n1cc[n+](C)c1. The standard InChI is InChI=1S/C11H18N4/c1-4-11(14-7-5-12(2)9-14)15-8-6-13(3)10-15/h5-11H,4H2,1-3H3/q+2. The van der Waals surface area contributed by atoms with E-state index in [0.717, 1.165) is 6.42 Å². The molecular weight excluding hydrogens is 188 g/mol. The van der Waals surface area contributed by atoms with E-state index < -0.39 is 0 Å². The van der Waals surface area contributed by atoms with E-state index in [0.29, 0.717) is 6.17 Å². The molecule has 2 aromatic rings. The molecule has 2 rings (SSSR count). The molecule has 0 N–H and O–H groups in total. The molecule has 2 aromatic heterocycles. The van der Waals surface area contributed by atoms with Crippen LogP contribution >= 0.6 is 0 Å². The zero-order chi connectivity index (χ0) is 10.8. The summed E-state index contributed by atoms with van der Waals surface area (Å²) >= 11 is 0. The molecule has 0 fully saturated rings. The fraction of sp³-hybridized carbons (Fsp3) is 0.455. The van der Waals surface area contributed by atoms with Gasteiger partial charge in [0.15, 0.2) is 0 Å². The molecule has 4 heteroatoms. The summed E-state index contributed by atoms with van der Waals surface area (Å²) in [7, 11) is 4.08. The van der Waals surface area contributed by atoms with Gasteiger partial charge in [0.05, 0.1) is 14.1 Å². The van der Waals surface area contributed by atoms with Gasteiger partial charge in [-0.2, -0.15) is 9.13 Å². The van der Waals surface area contributed by atoms with Crippen molar-refractivity contribution in [2.24, 2.45) is 14.1 Å². The number of nitrogens with zero attached hydrogens (tertiary/aromatic N) is 4. The van der Waals surface area contributed by atoms with Crippen molar-refractivity contribution in [2.75, 3.05) is 0 Å². The highest BCUT2D eigenvalue weighted by Crippen LogP contribution is 2.11. The van der Waals surface area contributed by atoms with Crippen molar-refractivity contribution in [3.8, 4) is 0 Å². The van der Waals surface area contributed by atoms with Crippen LogP contribution in [0.5, 0.6) is 0 Å². The van der Waals surface area contributed by atoms with Crippen LogP contribution in [0.25, 0.3) is 0 Å². The predicted octanol–water partition coefficient (Wildman–Crippen LogP) is 0.395. The average Bonchev–Trinajstić information content (AvgIpc) is 2.78. The van der Waals surface area contributed by atoms with Crippen LogP contribution in [0.15, 0.2) is 37.4 Å². The second-order valence-electron chi connectivity index (χ2n) is 3.94.